The Hall–Kier alpha value is -1.97. The van der Waals surface area contributed by atoms with Crippen molar-refractivity contribution in [1.82, 2.24) is 0 Å². The van der Waals surface area contributed by atoms with Crippen molar-refractivity contribution >= 4 is 16.8 Å². The maximum absolute atomic E-state index is 12.0. The summed E-state index contributed by atoms with van der Waals surface area (Å²) in [7, 11) is 0. The number of phenolic OH excluding ortho intramolecular Hbond substituents is 2. The summed E-state index contributed by atoms with van der Waals surface area (Å²) in [6, 6.07) is 2.74. The molecule has 2 aromatic rings. The van der Waals surface area contributed by atoms with E-state index in [1.807, 2.05) is 6.92 Å². The highest BCUT2D eigenvalue weighted by Gasteiger charge is 2.28. The van der Waals surface area contributed by atoms with Gasteiger partial charge in [0.05, 0.1) is 5.56 Å². The molecule has 0 saturated carbocycles. The fourth-order valence-electron chi connectivity index (χ4n) is 2.43. The summed E-state index contributed by atoms with van der Waals surface area (Å²) in [6.45, 7) is 2.00. The third kappa shape index (κ3) is 1.40. The molecule has 4 heteroatoms. The molecule has 3 rings (SSSR count). The van der Waals surface area contributed by atoms with Crippen molar-refractivity contribution < 1.29 is 19.4 Å². The van der Waals surface area contributed by atoms with Crippen LogP contribution in [0.2, 0.25) is 0 Å². The van der Waals surface area contributed by atoms with Crippen LogP contribution in [0.5, 0.6) is 11.5 Å². The van der Waals surface area contributed by atoms with E-state index in [0.29, 0.717) is 28.7 Å². The summed E-state index contributed by atoms with van der Waals surface area (Å²) in [6.07, 6.45) is 1.22. The molecule has 88 valence electrons. The molecule has 1 atom stereocenters. The van der Waals surface area contributed by atoms with Crippen LogP contribution in [0, 0.1) is 5.92 Å². The summed E-state index contributed by atoms with van der Waals surface area (Å²) < 4.78 is 5.58. The third-order valence-corrected chi connectivity index (χ3v) is 3.20. The first-order chi connectivity index (χ1) is 8.06. The van der Waals surface area contributed by atoms with Gasteiger partial charge < -0.3 is 14.6 Å². The largest absolute Gasteiger partial charge is 0.504 e. The van der Waals surface area contributed by atoms with Crippen molar-refractivity contribution in [3.63, 3.8) is 0 Å². The highest BCUT2D eigenvalue weighted by Crippen LogP contribution is 2.38. The predicted molar refractivity (Wildman–Crippen MR) is 61.4 cm³/mol. The molecule has 1 heterocycles. The van der Waals surface area contributed by atoms with Crippen LogP contribution in [0.15, 0.2) is 16.5 Å². The molecule has 1 aliphatic rings. The molecular weight excluding hydrogens is 220 g/mol. The Morgan fingerprint density at radius 1 is 1.24 bits per heavy atom. The van der Waals surface area contributed by atoms with Crippen molar-refractivity contribution in [1.29, 1.82) is 0 Å². The van der Waals surface area contributed by atoms with Crippen LogP contribution >= 0.6 is 0 Å². The van der Waals surface area contributed by atoms with Gasteiger partial charge in [-0.05, 0) is 12.0 Å². The molecule has 0 aliphatic heterocycles. The summed E-state index contributed by atoms with van der Waals surface area (Å²) >= 11 is 0. The number of phenols is 2. The standard InChI is InChI=1S/C13H12O4/c1-6-2-10(16)13-7-4-8(14)9(15)5-11(7)17-12(13)3-6/h4-6,14-15H,2-3H2,1H3. The maximum atomic E-state index is 12.0. The Balaban J connectivity index is 2.32. The van der Waals surface area contributed by atoms with Crippen molar-refractivity contribution in [2.24, 2.45) is 5.92 Å². The second-order valence-electron chi connectivity index (χ2n) is 4.67. The number of furan rings is 1. The molecular formula is C13H12O4. The monoisotopic (exact) mass is 232 g/mol. The quantitative estimate of drug-likeness (QED) is 0.685. The van der Waals surface area contributed by atoms with Gasteiger partial charge in [-0.25, -0.2) is 0 Å². The smallest absolute Gasteiger partial charge is 0.167 e. The van der Waals surface area contributed by atoms with Crippen molar-refractivity contribution in [2.45, 2.75) is 19.8 Å². The van der Waals surface area contributed by atoms with E-state index in [-0.39, 0.29) is 23.2 Å². The van der Waals surface area contributed by atoms with E-state index >= 15 is 0 Å². The molecule has 4 nitrogen and oxygen atoms in total. The van der Waals surface area contributed by atoms with Crippen LogP contribution in [-0.2, 0) is 6.42 Å². The molecule has 0 amide bonds. The fraction of sp³-hybridized carbons (Fsp3) is 0.308. The Morgan fingerprint density at radius 2 is 1.94 bits per heavy atom. The van der Waals surface area contributed by atoms with Gasteiger partial charge in [-0.15, -0.1) is 0 Å². The van der Waals surface area contributed by atoms with E-state index < -0.39 is 0 Å². The molecule has 1 aliphatic carbocycles. The van der Waals surface area contributed by atoms with E-state index in [0.717, 1.165) is 6.42 Å². The van der Waals surface area contributed by atoms with Gasteiger partial charge >= 0.3 is 0 Å². The number of carbonyl (C=O) groups excluding carboxylic acids is 1. The molecule has 0 spiro atoms. The zero-order chi connectivity index (χ0) is 12.2. The third-order valence-electron chi connectivity index (χ3n) is 3.20. The van der Waals surface area contributed by atoms with Crippen LogP contribution in [0.1, 0.15) is 29.5 Å². The Bertz CT molecular complexity index is 624. The lowest BCUT2D eigenvalue weighted by Gasteiger charge is -2.15. The fourth-order valence-corrected chi connectivity index (χ4v) is 2.43. The molecule has 17 heavy (non-hydrogen) atoms. The highest BCUT2D eigenvalue weighted by molar-refractivity contribution is 6.09. The second kappa shape index (κ2) is 3.26. The minimum absolute atomic E-state index is 0.0441. The maximum Gasteiger partial charge on any atom is 0.167 e. The number of hydrogen-bond donors (Lipinski definition) is 2. The molecule has 1 aromatic carbocycles. The van der Waals surface area contributed by atoms with Gasteiger partial charge in [-0.2, -0.15) is 0 Å². The average molecular weight is 232 g/mol. The molecule has 1 aromatic heterocycles. The van der Waals surface area contributed by atoms with E-state index in [1.54, 1.807) is 0 Å². The van der Waals surface area contributed by atoms with E-state index in [4.69, 9.17) is 4.42 Å². The van der Waals surface area contributed by atoms with Gasteiger partial charge in [-0.1, -0.05) is 6.92 Å². The van der Waals surface area contributed by atoms with E-state index in [1.165, 1.54) is 12.1 Å². The Morgan fingerprint density at radius 3 is 2.71 bits per heavy atom. The first-order valence-corrected chi connectivity index (χ1v) is 5.57. The van der Waals surface area contributed by atoms with Gasteiger partial charge in [-0.3, -0.25) is 4.79 Å². The van der Waals surface area contributed by atoms with Crippen molar-refractivity contribution in [3.8, 4) is 11.5 Å². The van der Waals surface area contributed by atoms with Crippen LogP contribution in [-0.4, -0.2) is 16.0 Å². The topological polar surface area (TPSA) is 70.7 Å². The number of carbonyl (C=O) groups is 1. The molecule has 0 bridgehead atoms. The van der Waals surface area contributed by atoms with E-state index in [9.17, 15) is 15.0 Å². The SMILES string of the molecule is CC1CC(=O)c2c(oc3cc(O)c(O)cc23)C1. The average Bonchev–Trinajstić information content (AvgIpc) is 2.56. The zero-order valence-electron chi connectivity index (χ0n) is 9.36. The van der Waals surface area contributed by atoms with E-state index in [2.05, 4.69) is 0 Å². The summed E-state index contributed by atoms with van der Waals surface area (Å²) in [5.41, 5.74) is 1.01. The number of aromatic hydroxyl groups is 2. The summed E-state index contributed by atoms with van der Waals surface area (Å²) in [4.78, 5) is 12.0. The van der Waals surface area contributed by atoms with Gasteiger partial charge in [0.2, 0.25) is 0 Å². The second-order valence-corrected chi connectivity index (χ2v) is 4.67. The lowest BCUT2D eigenvalue weighted by Crippen LogP contribution is -2.16. The molecule has 0 saturated heterocycles. The summed E-state index contributed by atoms with van der Waals surface area (Å²) in [5, 5.41) is 19.5. The number of rotatable bonds is 0. The first-order valence-electron chi connectivity index (χ1n) is 5.57. The number of fused-ring (bicyclic) bond motifs is 3. The van der Waals surface area contributed by atoms with Gasteiger partial charge in [0.1, 0.15) is 11.3 Å². The normalized spacial score (nSPS) is 19.6. The predicted octanol–water partition coefficient (Wildman–Crippen LogP) is 2.61. The van der Waals surface area contributed by atoms with Gasteiger partial charge in [0.25, 0.3) is 0 Å². The lowest BCUT2D eigenvalue weighted by molar-refractivity contribution is 0.0950. The Kier molecular flexibility index (Phi) is 1.96. The molecule has 2 N–H and O–H groups in total. The van der Waals surface area contributed by atoms with Gasteiger partial charge in [0.15, 0.2) is 17.3 Å². The van der Waals surface area contributed by atoms with Crippen molar-refractivity contribution in [2.75, 3.05) is 0 Å². The Labute approximate surface area is 97.5 Å². The minimum Gasteiger partial charge on any atom is -0.504 e. The van der Waals surface area contributed by atoms with Crippen LogP contribution < -0.4 is 0 Å². The summed E-state index contributed by atoms with van der Waals surface area (Å²) in [5.74, 6) is 0.519. The molecule has 0 radical (unpaired) electrons. The van der Waals surface area contributed by atoms with Crippen LogP contribution in [0.25, 0.3) is 11.0 Å². The first kappa shape index (κ1) is 10.2. The number of Topliss-reactive ketones (excluding diaryl/α,β-unsaturated/α-hetero) is 1. The van der Waals surface area contributed by atoms with Crippen molar-refractivity contribution in [3.05, 3.63) is 23.5 Å². The number of hydrogen-bond acceptors (Lipinski definition) is 4. The van der Waals surface area contributed by atoms with Crippen LogP contribution in [0.4, 0.5) is 0 Å². The zero-order valence-corrected chi connectivity index (χ0v) is 9.36. The van der Waals surface area contributed by atoms with Gasteiger partial charge in [0, 0.05) is 24.3 Å². The van der Waals surface area contributed by atoms with Crippen LogP contribution in [0.3, 0.4) is 0 Å². The molecule has 1 unspecified atom stereocenters. The highest BCUT2D eigenvalue weighted by atomic mass is 16.3. The number of ketones is 1. The number of benzene rings is 1. The minimum atomic E-state index is -0.232. The molecule has 0 fully saturated rings. The lowest BCUT2D eigenvalue weighted by atomic mass is 9.87.